The van der Waals surface area contributed by atoms with Crippen LogP contribution in [0.2, 0.25) is 0 Å². The maximum atomic E-state index is 12.9. The van der Waals surface area contributed by atoms with Crippen LogP contribution in [0.15, 0.2) is 54.6 Å². The van der Waals surface area contributed by atoms with Crippen molar-refractivity contribution in [2.75, 3.05) is 6.61 Å². The molecule has 0 aliphatic rings. The summed E-state index contributed by atoms with van der Waals surface area (Å²) < 4.78 is 23.8. The van der Waals surface area contributed by atoms with Gasteiger partial charge in [-0.2, -0.15) is 5.26 Å². The van der Waals surface area contributed by atoms with Gasteiger partial charge in [0.15, 0.2) is 0 Å². The molecule has 0 heterocycles. The second-order valence-corrected chi connectivity index (χ2v) is 6.35. The highest BCUT2D eigenvalue weighted by molar-refractivity contribution is 7.53. The molecule has 1 atom stereocenters. The van der Waals surface area contributed by atoms with E-state index in [4.69, 9.17) is 14.3 Å². The van der Waals surface area contributed by atoms with Crippen LogP contribution in [-0.4, -0.2) is 6.61 Å². The van der Waals surface area contributed by atoms with E-state index < -0.39 is 7.60 Å². The Balaban J connectivity index is 2.26. The highest BCUT2D eigenvalue weighted by Crippen LogP contribution is 2.51. The fourth-order valence-corrected chi connectivity index (χ4v) is 3.62. The normalized spacial score (nSPS) is 13.1. The molecule has 0 saturated carbocycles. The molecular weight excluding hydrogens is 285 g/mol. The second-order valence-electron chi connectivity index (χ2n) is 4.37. The van der Waals surface area contributed by atoms with Crippen LogP contribution in [0.25, 0.3) is 0 Å². The summed E-state index contributed by atoms with van der Waals surface area (Å²) in [7, 11) is -3.35. The van der Waals surface area contributed by atoms with Gasteiger partial charge >= 0.3 is 7.60 Å². The van der Waals surface area contributed by atoms with Gasteiger partial charge in [0.05, 0.1) is 18.3 Å². The zero-order chi connectivity index (χ0) is 15.1. The van der Waals surface area contributed by atoms with Crippen molar-refractivity contribution in [3.63, 3.8) is 0 Å². The molecule has 0 spiro atoms. The van der Waals surface area contributed by atoms with Crippen molar-refractivity contribution in [1.82, 2.24) is 0 Å². The number of hydrogen-bond acceptors (Lipinski definition) is 4. The Morgan fingerprint density at radius 2 is 1.76 bits per heavy atom. The molecule has 4 nitrogen and oxygen atoms in total. The van der Waals surface area contributed by atoms with E-state index in [1.165, 1.54) is 0 Å². The zero-order valence-corrected chi connectivity index (χ0v) is 12.6. The summed E-state index contributed by atoms with van der Waals surface area (Å²) in [6.07, 6.45) is 0.168. The van der Waals surface area contributed by atoms with Gasteiger partial charge in [0.25, 0.3) is 0 Å². The van der Waals surface area contributed by atoms with E-state index in [9.17, 15) is 4.57 Å². The molecule has 5 heteroatoms. The standard InChI is InChI=1S/C16H16NO3P/c1-2-19-21(18,13-14-8-4-3-5-9-14)20-16-11-7-6-10-15(16)12-17/h3-11H,2,13H2,1H3. The molecule has 108 valence electrons. The lowest BCUT2D eigenvalue weighted by atomic mass is 10.2. The fourth-order valence-electron chi connectivity index (χ4n) is 1.90. The minimum atomic E-state index is -3.35. The van der Waals surface area contributed by atoms with Crippen LogP contribution in [0.1, 0.15) is 18.1 Å². The predicted octanol–water partition coefficient (Wildman–Crippen LogP) is 4.37. The van der Waals surface area contributed by atoms with E-state index in [2.05, 4.69) is 0 Å². The number of hydrogen-bond donors (Lipinski definition) is 0. The number of rotatable bonds is 6. The maximum Gasteiger partial charge on any atom is 0.383 e. The first-order chi connectivity index (χ1) is 10.2. The van der Waals surface area contributed by atoms with E-state index in [0.717, 1.165) is 5.56 Å². The third-order valence-corrected chi connectivity index (χ3v) is 4.67. The first-order valence-corrected chi connectivity index (χ1v) is 8.36. The lowest BCUT2D eigenvalue weighted by Crippen LogP contribution is -2.02. The third-order valence-electron chi connectivity index (χ3n) is 2.79. The van der Waals surface area contributed by atoms with Gasteiger partial charge in [0.1, 0.15) is 11.8 Å². The van der Waals surface area contributed by atoms with Crippen LogP contribution in [0.3, 0.4) is 0 Å². The van der Waals surface area contributed by atoms with Gasteiger partial charge in [0, 0.05) is 0 Å². The molecule has 0 fully saturated rings. The van der Waals surface area contributed by atoms with Gasteiger partial charge in [-0.25, -0.2) is 4.57 Å². The topological polar surface area (TPSA) is 59.3 Å². The minimum Gasteiger partial charge on any atom is -0.423 e. The van der Waals surface area contributed by atoms with E-state index in [1.807, 2.05) is 36.4 Å². The molecule has 0 aromatic heterocycles. The van der Waals surface area contributed by atoms with Crippen molar-refractivity contribution in [2.45, 2.75) is 13.1 Å². The van der Waals surface area contributed by atoms with Gasteiger partial charge in [-0.15, -0.1) is 0 Å². The Kier molecular flexibility index (Phi) is 5.16. The summed E-state index contributed by atoms with van der Waals surface area (Å²) in [5.41, 5.74) is 1.20. The Hall–Kier alpha value is -2.08. The molecule has 0 radical (unpaired) electrons. The van der Waals surface area contributed by atoms with Gasteiger partial charge in [-0.1, -0.05) is 42.5 Å². The molecule has 21 heavy (non-hydrogen) atoms. The summed E-state index contributed by atoms with van der Waals surface area (Å²) >= 11 is 0. The largest absolute Gasteiger partial charge is 0.423 e. The van der Waals surface area contributed by atoms with Crippen LogP contribution in [0.5, 0.6) is 5.75 Å². The Bertz CT molecular complexity index is 679. The molecule has 0 aliphatic carbocycles. The van der Waals surface area contributed by atoms with Crippen molar-refractivity contribution in [3.05, 3.63) is 65.7 Å². The molecule has 2 aromatic rings. The second kappa shape index (κ2) is 7.08. The van der Waals surface area contributed by atoms with Gasteiger partial charge in [-0.05, 0) is 24.6 Å². The van der Waals surface area contributed by atoms with E-state index >= 15 is 0 Å². The van der Waals surface area contributed by atoms with Crippen molar-refractivity contribution in [1.29, 1.82) is 5.26 Å². The third kappa shape index (κ3) is 4.19. The Labute approximate surface area is 124 Å². The molecule has 0 amide bonds. The number of nitrogens with zero attached hydrogens (tertiary/aromatic N) is 1. The zero-order valence-electron chi connectivity index (χ0n) is 11.7. The van der Waals surface area contributed by atoms with Crippen LogP contribution < -0.4 is 4.52 Å². The average molecular weight is 301 g/mol. The first-order valence-electron chi connectivity index (χ1n) is 6.63. The highest BCUT2D eigenvalue weighted by atomic mass is 31.2. The quantitative estimate of drug-likeness (QED) is 0.743. The summed E-state index contributed by atoms with van der Waals surface area (Å²) in [4.78, 5) is 0. The number of para-hydroxylation sites is 1. The first kappa shape index (κ1) is 15.3. The summed E-state index contributed by atoms with van der Waals surface area (Å²) in [5.74, 6) is 0.285. The summed E-state index contributed by atoms with van der Waals surface area (Å²) in [6, 6.07) is 18.1. The lowest BCUT2D eigenvalue weighted by Gasteiger charge is -2.19. The predicted molar refractivity (Wildman–Crippen MR) is 81.2 cm³/mol. The van der Waals surface area contributed by atoms with Crippen LogP contribution >= 0.6 is 7.60 Å². The maximum absolute atomic E-state index is 12.9. The van der Waals surface area contributed by atoms with E-state index in [1.54, 1.807) is 31.2 Å². The lowest BCUT2D eigenvalue weighted by molar-refractivity contribution is 0.278. The monoisotopic (exact) mass is 301 g/mol. The van der Waals surface area contributed by atoms with Crippen LogP contribution in [0, 0.1) is 11.3 Å². The van der Waals surface area contributed by atoms with Gasteiger partial charge in [0.2, 0.25) is 0 Å². The van der Waals surface area contributed by atoms with Crippen molar-refractivity contribution < 1.29 is 13.6 Å². The molecule has 1 unspecified atom stereocenters. The molecular formula is C16H16NO3P. The minimum absolute atomic E-state index is 0.168. The summed E-state index contributed by atoms with van der Waals surface area (Å²) in [5, 5.41) is 9.07. The molecule has 2 rings (SSSR count). The molecule has 0 N–H and O–H groups in total. The molecule has 0 saturated heterocycles. The van der Waals surface area contributed by atoms with Gasteiger partial charge in [-0.3, -0.25) is 4.52 Å². The summed E-state index contributed by atoms with van der Waals surface area (Å²) in [6.45, 7) is 2.04. The Morgan fingerprint density at radius 1 is 1.10 bits per heavy atom. The van der Waals surface area contributed by atoms with Crippen LogP contribution in [0.4, 0.5) is 0 Å². The smallest absolute Gasteiger partial charge is 0.383 e. The molecule has 0 bridgehead atoms. The van der Waals surface area contributed by atoms with E-state index in [-0.39, 0.29) is 18.5 Å². The van der Waals surface area contributed by atoms with E-state index in [0.29, 0.717) is 5.56 Å². The molecule has 0 aliphatic heterocycles. The van der Waals surface area contributed by atoms with Crippen molar-refractivity contribution in [3.8, 4) is 11.8 Å². The van der Waals surface area contributed by atoms with Crippen LogP contribution in [-0.2, 0) is 15.3 Å². The highest BCUT2D eigenvalue weighted by Gasteiger charge is 2.27. The average Bonchev–Trinajstić information content (AvgIpc) is 2.48. The molecule has 2 aromatic carbocycles. The van der Waals surface area contributed by atoms with Gasteiger partial charge < -0.3 is 4.52 Å². The number of benzene rings is 2. The fraction of sp³-hybridized carbons (Fsp3) is 0.188. The van der Waals surface area contributed by atoms with Crippen molar-refractivity contribution >= 4 is 7.60 Å². The SMILES string of the molecule is CCOP(=O)(Cc1ccccc1)Oc1ccccc1C#N. The Morgan fingerprint density at radius 3 is 2.43 bits per heavy atom. The van der Waals surface area contributed by atoms with Crippen molar-refractivity contribution in [2.24, 2.45) is 0 Å². The number of nitriles is 1.